The Morgan fingerprint density at radius 3 is 2.81 bits per heavy atom. The summed E-state index contributed by atoms with van der Waals surface area (Å²) in [4.78, 5) is 16.8. The molecule has 1 aromatic carbocycles. The van der Waals surface area contributed by atoms with Crippen LogP contribution in [-0.2, 0) is 6.61 Å². The van der Waals surface area contributed by atoms with E-state index in [2.05, 4.69) is 11.5 Å². The fourth-order valence-corrected chi connectivity index (χ4v) is 3.47. The zero-order chi connectivity index (χ0) is 19.2. The van der Waals surface area contributed by atoms with Gasteiger partial charge in [-0.3, -0.25) is 9.69 Å². The number of amides is 1. The van der Waals surface area contributed by atoms with Gasteiger partial charge in [0.2, 0.25) is 0 Å². The standard InChI is InChI=1S/C20H22Cl2N2O3/c1-2-8-23-9-3-10-24(12-11-23)20(25)19-7-5-16(27-19)14-26-18-6-4-15(21)13-17(18)22/h2,4-7,13H,1,3,8-12,14H2. The lowest BCUT2D eigenvalue weighted by Gasteiger charge is -2.20. The molecule has 0 aliphatic carbocycles. The van der Waals surface area contributed by atoms with Gasteiger partial charge in [0.05, 0.1) is 5.02 Å². The van der Waals surface area contributed by atoms with Crippen LogP contribution in [-0.4, -0.2) is 48.4 Å². The Labute approximate surface area is 169 Å². The van der Waals surface area contributed by atoms with Crippen molar-refractivity contribution in [1.29, 1.82) is 0 Å². The van der Waals surface area contributed by atoms with Gasteiger partial charge in [-0.1, -0.05) is 29.3 Å². The Morgan fingerprint density at radius 2 is 2.04 bits per heavy atom. The molecule has 1 amide bonds. The van der Waals surface area contributed by atoms with E-state index >= 15 is 0 Å². The van der Waals surface area contributed by atoms with Crippen LogP contribution in [0.5, 0.6) is 5.75 Å². The molecule has 5 nitrogen and oxygen atoms in total. The third kappa shape index (κ3) is 5.28. The van der Waals surface area contributed by atoms with E-state index < -0.39 is 0 Å². The Morgan fingerprint density at radius 1 is 1.19 bits per heavy atom. The molecule has 1 aliphatic rings. The number of furan rings is 1. The van der Waals surface area contributed by atoms with Crippen molar-refractivity contribution in [2.45, 2.75) is 13.0 Å². The first kappa shape index (κ1) is 19.8. The zero-order valence-electron chi connectivity index (χ0n) is 15.0. The van der Waals surface area contributed by atoms with Crippen molar-refractivity contribution >= 4 is 29.1 Å². The van der Waals surface area contributed by atoms with Crippen LogP contribution < -0.4 is 4.74 Å². The number of ether oxygens (including phenoxy) is 1. The lowest BCUT2D eigenvalue weighted by atomic mass is 10.3. The van der Waals surface area contributed by atoms with Crippen molar-refractivity contribution in [3.05, 3.63) is 64.6 Å². The van der Waals surface area contributed by atoms with Gasteiger partial charge >= 0.3 is 0 Å². The minimum atomic E-state index is -0.0915. The molecule has 0 saturated carbocycles. The molecule has 0 unspecified atom stereocenters. The molecule has 1 aromatic heterocycles. The second-order valence-electron chi connectivity index (χ2n) is 6.36. The maximum Gasteiger partial charge on any atom is 0.289 e. The minimum absolute atomic E-state index is 0.0915. The van der Waals surface area contributed by atoms with Gasteiger partial charge in [-0.2, -0.15) is 0 Å². The highest BCUT2D eigenvalue weighted by atomic mass is 35.5. The summed E-state index contributed by atoms with van der Waals surface area (Å²) in [5, 5.41) is 0.973. The van der Waals surface area contributed by atoms with Crippen LogP contribution in [0.1, 0.15) is 22.7 Å². The van der Waals surface area contributed by atoms with Crippen LogP contribution in [0.4, 0.5) is 0 Å². The van der Waals surface area contributed by atoms with E-state index in [1.54, 1.807) is 30.3 Å². The van der Waals surface area contributed by atoms with Crippen LogP contribution in [0.15, 0.2) is 47.4 Å². The number of halogens is 2. The van der Waals surface area contributed by atoms with Gasteiger partial charge in [0.1, 0.15) is 18.1 Å². The predicted octanol–water partition coefficient (Wildman–Crippen LogP) is 4.50. The van der Waals surface area contributed by atoms with E-state index in [1.807, 2.05) is 11.0 Å². The first-order chi connectivity index (χ1) is 13.1. The molecule has 0 atom stereocenters. The summed E-state index contributed by atoms with van der Waals surface area (Å²) in [6.45, 7) is 8.01. The molecular formula is C20H22Cl2N2O3. The summed E-state index contributed by atoms with van der Waals surface area (Å²) in [5.74, 6) is 1.31. The number of carbonyl (C=O) groups is 1. The maximum atomic E-state index is 12.7. The Bertz CT molecular complexity index is 806. The fourth-order valence-electron chi connectivity index (χ4n) is 3.01. The molecule has 1 saturated heterocycles. The smallest absolute Gasteiger partial charge is 0.289 e. The highest BCUT2D eigenvalue weighted by Gasteiger charge is 2.22. The van der Waals surface area contributed by atoms with Gasteiger partial charge < -0.3 is 14.1 Å². The topological polar surface area (TPSA) is 45.9 Å². The lowest BCUT2D eigenvalue weighted by Crippen LogP contribution is -2.35. The molecule has 0 bridgehead atoms. The summed E-state index contributed by atoms with van der Waals surface area (Å²) in [6, 6.07) is 8.46. The van der Waals surface area contributed by atoms with Crippen molar-refractivity contribution in [1.82, 2.24) is 9.80 Å². The second-order valence-corrected chi connectivity index (χ2v) is 7.21. The molecule has 2 aromatic rings. The monoisotopic (exact) mass is 408 g/mol. The average molecular weight is 409 g/mol. The normalized spacial score (nSPS) is 15.4. The first-order valence-electron chi connectivity index (χ1n) is 8.86. The molecule has 3 rings (SSSR count). The number of rotatable bonds is 6. The van der Waals surface area contributed by atoms with E-state index in [-0.39, 0.29) is 12.5 Å². The van der Waals surface area contributed by atoms with E-state index in [0.29, 0.717) is 33.9 Å². The molecule has 27 heavy (non-hydrogen) atoms. The van der Waals surface area contributed by atoms with Crippen molar-refractivity contribution < 1.29 is 13.9 Å². The highest BCUT2D eigenvalue weighted by Crippen LogP contribution is 2.28. The third-order valence-electron chi connectivity index (χ3n) is 4.40. The summed E-state index contributed by atoms with van der Waals surface area (Å²) in [5.41, 5.74) is 0. The molecule has 7 heteroatoms. The second kappa shape index (κ2) is 9.31. The first-order valence-corrected chi connectivity index (χ1v) is 9.61. The highest BCUT2D eigenvalue weighted by molar-refractivity contribution is 6.35. The van der Waals surface area contributed by atoms with Gasteiger partial charge in [0.15, 0.2) is 5.76 Å². The van der Waals surface area contributed by atoms with Crippen LogP contribution >= 0.6 is 23.2 Å². The molecule has 0 radical (unpaired) electrons. The molecular weight excluding hydrogens is 387 g/mol. The van der Waals surface area contributed by atoms with E-state index in [0.717, 1.165) is 32.6 Å². The van der Waals surface area contributed by atoms with E-state index in [4.69, 9.17) is 32.4 Å². The summed E-state index contributed by atoms with van der Waals surface area (Å²) >= 11 is 12.0. The Balaban J connectivity index is 1.58. The van der Waals surface area contributed by atoms with Gasteiger partial charge in [0, 0.05) is 37.7 Å². The zero-order valence-corrected chi connectivity index (χ0v) is 16.5. The maximum absolute atomic E-state index is 12.7. The van der Waals surface area contributed by atoms with E-state index in [1.165, 1.54) is 0 Å². The summed E-state index contributed by atoms with van der Waals surface area (Å²) < 4.78 is 11.3. The Hall–Kier alpha value is -1.95. The third-order valence-corrected chi connectivity index (χ3v) is 4.93. The number of hydrogen-bond donors (Lipinski definition) is 0. The average Bonchev–Trinajstić information content (AvgIpc) is 3.00. The van der Waals surface area contributed by atoms with Gasteiger partial charge in [-0.25, -0.2) is 0 Å². The van der Waals surface area contributed by atoms with Gasteiger partial charge in [0.25, 0.3) is 5.91 Å². The van der Waals surface area contributed by atoms with Crippen LogP contribution in [0.3, 0.4) is 0 Å². The Kier molecular flexibility index (Phi) is 6.83. The minimum Gasteiger partial charge on any atom is -0.484 e. The number of hydrogen-bond acceptors (Lipinski definition) is 4. The largest absolute Gasteiger partial charge is 0.484 e. The molecule has 0 N–H and O–H groups in total. The van der Waals surface area contributed by atoms with Gasteiger partial charge in [-0.05, 0) is 36.8 Å². The van der Waals surface area contributed by atoms with E-state index in [9.17, 15) is 4.79 Å². The van der Waals surface area contributed by atoms with Crippen molar-refractivity contribution in [3.63, 3.8) is 0 Å². The van der Waals surface area contributed by atoms with Crippen molar-refractivity contribution in [3.8, 4) is 5.75 Å². The SMILES string of the molecule is C=CCN1CCCN(C(=O)c2ccc(COc3ccc(Cl)cc3Cl)o2)CC1. The van der Waals surface area contributed by atoms with Gasteiger partial charge in [-0.15, -0.1) is 6.58 Å². The molecule has 1 aliphatic heterocycles. The van der Waals surface area contributed by atoms with Crippen molar-refractivity contribution in [2.24, 2.45) is 0 Å². The number of carbonyl (C=O) groups excluding carboxylic acids is 1. The molecule has 1 fully saturated rings. The quantitative estimate of drug-likeness (QED) is 0.660. The molecule has 2 heterocycles. The predicted molar refractivity (Wildman–Crippen MR) is 107 cm³/mol. The van der Waals surface area contributed by atoms with Crippen LogP contribution in [0, 0.1) is 0 Å². The number of nitrogens with zero attached hydrogens (tertiary/aromatic N) is 2. The van der Waals surface area contributed by atoms with Crippen LogP contribution in [0.25, 0.3) is 0 Å². The summed E-state index contributed by atoms with van der Waals surface area (Å²) in [6.07, 6.45) is 2.83. The molecule has 144 valence electrons. The summed E-state index contributed by atoms with van der Waals surface area (Å²) in [7, 11) is 0. The number of benzene rings is 1. The molecule has 0 spiro atoms. The van der Waals surface area contributed by atoms with Crippen molar-refractivity contribution in [2.75, 3.05) is 32.7 Å². The van der Waals surface area contributed by atoms with Crippen LogP contribution in [0.2, 0.25) is 10.0 Å². The fraction of sp³-hybridized carbons (Fsp3) is 0.350. The lowest BCUT2D eigenvalue weighted by molar-refractivity contribution is 0.0726.